The first-order chi connectivity index (χ1) is 7.74. The van der Waals surface area contributed by atoms with E-state index in [4.69, 9.17) is 5.11 Å². The zero-order chi connectivity index (χ0) is 11.5. The van der Waals surface area contributed by atoms with Crippen molar-refractivity contribution in [1.29, 1.82) is 0 Å². The molecule has 1 atom stereocenters. The highest BCUT2D eigenvalue weighted by Crippen LogP contribution is 2.39. The van der Waals surface area contributed by atoms with Gasteiger partial charge in [0, 0.05) is 19.2 Å². The van der Waals surface area contributed by atoms with Gasteiger partial charge in [-0.2, -0.15) is 0 Å². The monoisotopic (exact) mass is 227 g/mol. The maximum Gasteiger partial charge on any atom is 0.321 e. The summed E-state index contributed by atoms with van der Waals surface area (Å²) in [6.45, 7) is 0.884. The average Bonchev–Trinajstić information content (AvgIpc) is 2.94. The van der Waals surface area contributed by atoms with E-state index in [9.17, 15) is 9.90 Å². The lowest BCUT2D eigenvalue weighted by Gasteiger charge is -2.41. The van der Waals surface area contributed by atoms with E-state index in [1.165, 1.54) is 6.42 Å². The van der Waals surface area contributed by atoms with Crippen LogP contribution in [-0.2, 0) is 4.79 Å². The third-order valence-corrected chi connectivity index (χ3v) is 3.80. The van der Waals surface area contributed by atoms with Gasteiger partial charge in [0.2, 0.25) is 0 Å². The van der Waals surface area contributed by atoms with Crippen LogP contribution in [0.5, 0.6) is 0 Å². The number of aliphatic hydroxyl groups excluding tert-OH is 1. The van der Waals surface area contributed by atoms with Crippen LogP contribution in [0.1, 0.15) is 38.5 Å². The molecule has 2 rings (SSSR count). The van der Waals surface area contributed by atoms with Gasteiger partial charge in [0.25, 0.3) is 0 Å². The standard InChI is InChI=1S/C12H21NO3/c14-8-2-7-13(10-3-1-4-10)11(12(15)16)9-5-6-9/h9-11,14H,1-8H2,(H,15,16). The molecule has 4 nitrogen and oxygen atoms in total. The molecule has 1 unspecified atom stereocenters. The van der Waals surface area contributed by atoms with Crippen molar-refractivity contribution < 1.29 is 15.0 Å². The number of hydrogen-bond donors (Lipinski definition) is 2. The minimum atomic E-state index is -0.674. The summed E-state index contributed by atoms with van der Waals surface area (Å²) in [7, 11) is 0. The van der Waals surface area contributed by atoms with E-state index in [1.807, 2.05) is 0 Å². The Labute approximate surface area is 96.3 Å². The van der Waals surface area contributed by atoms with E-state index in [2.05, 4.69) is 4.90 Å². The molecule has 92 valence electrons. The maximum absolute atomic E-state index is 11.3. The first-order valence-corrected chi connectivity index (χ1v) is 6.33. The maximum atomic E-state index is 11.3. The van der Waals surface area contributed by atoms with Gasteiger partial charge in [-0.25, -0.2) is 0 Å². The second-order valence-electron chi connectivity index (χ2n) is 5.02. The molecule has 2 saturated carbocycles. The molecule has 4 heteroatoms. The number of carboxylic acids is 1. The van der Waals surface area contributed by atoms with E-state index in [-0.39, 0.29) is 12.6 Å². The molecule has 2 aliphatic rings. The van der Waals surface area contributed by atoms with E-state index in [0.717, 1.165) is 32.2 Å². The van der Waals surface area contributed by atoms with Crippen LogP contribution in [0, 0.1) is 5.92 Å². The van der Waals surface area contributed by atoms with Crippen LogP contribution in [0.15, 0.2) is 0 Å². The van der Waals surface area contributed by atoms with Crippen molar-refractivity contribution in [2.45, 2.75) is 50.6 Å². The Kier molecular flexibility index (Phi) is 3.82. The van der Waals surface area contributed by atoms with Crippen LogP contribution >= 0.6 is 0 Å². The van der Waals surface area contributed by atoms with E-state index < -0.39 is 5.97 Å². The summed E-state index contributed by atoms with van der Waals surface area (Å²) < 4.78 is 0. The molecule has 2 fully saturated rings. The molecule has 2 N–H and O–H groups in total. The van der Waals surface area contributed by atoms with Crippen LogP contribution in [0.4, 0.5) is 0 Å². The summed E-state index contributed by atoms with van der Waals surface area (Å²) in [5.41, 5.74) is 0. The largest absolute Gasteiger partial charge is 0.480 e. The fraction of sp³-hybridized carbons (Fsp3) is 0.917. The number of aliphatic hydroxyl groups is 1. The van der Waals surface area contributed by atoms with Gasteiger partial charge in [-0.1, -0.05) is 6.42 Å². The normalized spacial score (nSPS) is 23.1. The summed E-state index contributed by atoms with van der Waals surface area (Å²) in [6, 6.07) is 0.157. The molecule has 0 aliphatic heterocycles. The lowest BCUT2D eigenvalue weighted by molar-refractivity contribution is -0.146. The van der Waals surface area contributed by atoms with Gasteiger partial charge in [-0.3, -0.25) is 9.69 Å². The van der Waals surface area contributed by atoms with Gasteiger partial charge in [0.15, 0.2) is 0 Å². The lowest BCUT2D eigenvalue weighted by atomic mass is 9.89. The van der Waals surface area contributed by atoms with Gasteiger partial charge in [-0.05, 0) is 38.0 Å². The predicted molar refractivity (Wildman–Crippen MR) is 60.2 cm³/mol. The molecule has 2 aliphatic carbocycles. The second kappa shape index (κ2) is 5.15. The fourth-order valence-electron chi connectivity index (χ4n) is 2.55. The topological polar surface area (TPSA) is 60.8 Å². The van der Waals surface area contributed by atoms with Crippen LogP contribution < -0.4 is 0 Å². The number of carbonyl (C=O) groups is 1. The summed E-state index contributed by atoms with van der Waals surface area (Å²) in [5.74, 6) is -0.316. The zero-order valence-corrected chi connectivity index (χ0v) is 9.64. The minimum Gasteiger partial charge on any atom is -0.480 e. The van der Waals surface area contributed by atoms with Crippen molar-refractivity contribution in [1.82, 2.24) is 4.90 Å². The number of aliphatic carboxylic acids is 1. The SMILES string of the molecule is O=C(O)C(C1CC1)N(CCCO)C1CCC1. The molecule has 0 amide bonds. The molecule has 0 aromatic carbocycles. The number of nitrogens with zero attached hydrogens (tertiary/aromatic N) is 1. The molecule has 0 saturated heterocycles. The minimum absolute atomic E-state index is 0.153. The second-order valence-corrected chi connectivity index (χ2v) is 5.02. The number of rotatable bonds is 7. The summed E-state index contributed by atoms with van der Waals surface area (Å²) in [4.78, 5) is 13.5. The molecule has 0 aromatic rings. The highest BCUT2D eigenvalue weighted by molar-refractivity contribution is 5.74. The van der Waals surface area contributed by atoms with Crippen molar-refractivity contribution in [2.24, 2.45) is 5.92 Å². The van der Waals surface area contributed by atoms with E-state index in [0.29, 0.717) is 18.4 Å². The van der Waals surface area contributed by atoms with Crippen LogP contribution in [0.2, 0.25) is 0 Å². The lowest BCUT2D eigenvalue weighted by Crippen LogP contribution is -2.51. The Morgan fingerprint density at radius 2 is 2.00 bits per heavy atom. The molecule has 0 aromatic heterocycles. The third kappa shape index (κ3) is 2.55. The quantitative estimate of drug-likeness (QED) is 0.683. The van der Waals surface area contributed by atoms with Gasteiger partial charge < -0.3 is 10.2 Å². The number of hydrogen-bond acceptors (Lipinski definition) is 3. The molecular weight excluding hydrogens is 206 g/mol. The summed E-state index contributed by atoms with van der Waals surface area (Å²) >= 11 is 0. The highest BCUT2D eigenvalue weighted by atomic mass is 16.4. The Bertz CT molecular complexity index is 249. The Morgan fingerprint density at radius 1 is 1.31 bits per heavy atom. The molecular formula is C12H21NO3. The average molecular weight is 227 g/mol. The third-order valence-electron chi connectivity index (χ3n) is 3.80. The molecule has 0 heterocycles. The van der Waals surface area contributed by atoms with Gasteiger partial charge in [-0.15, -0.1) is 0 Å². The Balaban J connectivity index is 1.98. The van der Waals surface area contributed by atoms with Crippen molar-refractivity contribution in [3.05, 3.63) is 0 Å². The van der Waals surface area contributed by atoms with E-state index in [1.54, 1.807) is 0 Å². The summed E-state index contributed by atoms with van der Waals surface area (Å²) in [6.07, 6.45) is 6.27. The van der Waals surface area contributed by atoms with Crippen LogP contribution in [-0.4, -0.2) is 46.3 Å². The van der Waals surface area contributed by atoms with Crippen molar-refractivity contribution in [3.8, 4) is 0 Å². The van der Waals surface area contributed by atoms with Crippen LogP contribution in [0.3, 0.4) is 0 Å². The molecule has 0 radical (unpaired) electrons. The molecule has 0 bridgehead atoms. The Hall–Kier alpha value is -0.610. The van der Waals surface area contributed by atoms with E-state index >= 15 is 0 Å². The summed E-state index contributed by atoms with van der Waals surface area (Å²) in [5, 5.41) is 18.2. The zero-order valence-electron chi connectivity index (χ0n) is 9.64. The first kappa shape index (κ1) is 11.9. The Morgan fingerprint density at radius 3 is 2.38 bits per heavy atom. The first-order valence-electron chi connectivity index (χ1n) is 6.33. The van der Waals surface area contributed by atoms with Gasteiger partial charge >= 0.3 is 5.97 Å². The smallest absolute Gasteiger partial charge is 0.321 e. The molecule has 16 heavy (non-hydrogen) atoms. The van der Waals surface area contributed by atoms with Crippen molar-refractivity contribution in [3.63, 3.8) is 0 Å². The van der Waals surface area contributed by atoms with Crippen molar-refractivity contribution >= 4 is 5.97 Å². The van der Waals surface area contributed by atoms with Gasteiger partial charge in [0.05, 0.1) is 0 Å². The predicted octanol–water partition coefficient (Wildman–Crippen LogP) is 1.09. The van der Waals surface area contributed by atoms with Gasteiger partial charge in [0.1, 0.15) is 6.04 Å². The van der Waals surface area contributed by atoms with Crippen molar-refractivity contribution in [2.75, 3.05) is 13.2 Å². The fourth-order valence-corrected chi connectivity index (χ4v) is 2.55. The molecule has 0 spiro atoms. The van der Waals surface area contributed by atoms with Crippen LogP contribution in [0.25, 0.3) is 0 Å². The highest BCUT2D eigenvalue weighted by Gasteiger charge is 2.43. The number of carboxylic acid groups (broad SMARTS) is 1.